The molecule has 5 rings (SSSR count). The summed E-state index contributed by atoms with van der Waals surface area (Å²) in [6.45, 7) is 7.88. The number of hydrogen-bond acceptors (Lipinski definition) is 5. The number of rotatable bonds is 5. The molecule has 0 N–H and O–H groups in total. The van der Waals surface area contributed by atoms with Gasteiger partial charge in [-0.1, -0.05) is 44.2 Å². The molecule has 1 fully saturated rings. The van der Waals surface area contributed by atoms with Crippen LogP contribution in [0, 0.1) is 0 Å². The summed E-state index contributed by atoms with van der Waals surface area (Å²) >= 11 is 1.78. The number of thioether (sulfide) groups is 1. The Balaban J connectivity index is 1.59. The second kappa shape index (κ2) is 9.21. The summed E-state index contributed by atoms with van der Waals surface area (Å²) in [7, 11) is 4.21. The lowest BCUT2D eigenvalue weighted by atomic mass is 9.84. The van der Waals surface area contributed by atoms with Gasteiger partial charge in [-0.25, -0.2) is 4.68 Å². The SMILES string of the molecule is CN(C)CC(C)(C)c1ccc(-n2nc(C(=O)N3CCOCC3)c3c2-c2ccccc2SC3)cc1. The van der Waals surface area contributed by atoms with Gasteiger partial charge in [-0.3, -0.25) is 4.79 Å². The summed E-state index contributed by atoms with van der Waals surface area (Å²) in [5.41, 5.74) is 6.06. The highest BCUT2D eigenvalue weighted by Gasteiger charge is 2.32. The zero-order chi connectivity index (χ0) is 23.9. The van der Waals surface area contributed by atoms with Gasteiger partial charge in [0.25, 0.3) is 5.91 Å². The van der Waals surface area contributed by atoms with Gasteiger partial charge in [0.1, 0.15) is 0 Å². The Morgan fingerprint density at radius 1 is 1.09 bits per heavy atom. The van der Waals surface area contributed by atoms with E-state index in [0.29, 0.717) is 32.0 Å². The maximum absolute atomic E-state index is 13.5. The summed E-state index contributed by atoms with van der Waals surface area (Å²) in [4.78, 5) is 18.8. The minimum atomic E-state index is 0.00187. The van der Waals surface area contributed by atoms with Crippen molar-refractivity contribution >= 4 is 17.7 Å². The van der Waals surface area contributed by atoms with E-state index in [1.54, 1.807) is 11.8 Å². The zero-order valence-electron chi connectivity index (χ0n) is 20.4. The van der Waals surface area contributed by atoms with Crippen LogP contribution in [0.2, 0.25) is 0 Å². The third kappa shape index (κ3) is 4.28. The molecule has 1 aromatic heterocycles. The van der Waals surface area contributed by atoms with Gasteiger partial charge in [-0.15, -0.1) is 11.8 Å². The fourth-order valence-electron chi connectivity index (χ4n) is 5.01. The second-order valence-electron chi connectivity index (χ2n) is 9.95. The lowest BCUT2D eigenvalue weighted by Gasteiger charge is -2.29. The van der Waals surface area contributed by atoms with Gasteiger partial charge in [0.05, 0.1) is 24.6 Å². The first-order valence-electron chi connectivity index (χ1n) is 11.8. The van der Waals surface area contributed by atoms with Gasteiger partial charge >= 0.3 is 0 Å². The summed E-state index contributed by atoms with van der Waals surface area (Å²) in [6, 6.07) is 17.1. The highest BCUT2D eigenvalue weighted by Crippen LogP contribution is 2.44. The largest absolute Gasteiger partial charge is 0.378 e. The highest BCUT2D eigenvalue weighted by molar-refractivity contribution is 7.98. The van der Waals surface area contributed by atoms with Crippen molar-refractivity contribution in [2.24, 2.45) is 0 Å². The van der Waals surface area contributed by atoms with Crippen molar-refractivity contribution in [1.29, 1.82) is 0 Å². The second-order valence-corrected chi connectivity index (χ2v) is 11.0. The Morgan fingerprint density at radius 3 is 2.50 bits per heavy atom. The van der Waals surface area contributed by atoms with E-state index < -0.39 is 0 Å². The average molecular weight is 477 g/mol. The number of fused-ring (bicyclic) bond motifs is 3. The van der Waals surface area contributed by atoms with Crippen LogP contribution >= 0.6 is 11.8 Å². The molecule has 3 aromatic rings. The molecular formula is C27H32N4O2S. The predicted molar refractivity (Wildman–Crippen MR) is 137 cm³/mol. The molecule has 0 unspecified atom stereocenters. The van der Waals surface area contributed by atoms with Crippen molar-refractivity contribution in [3.63, 3.8) is 0 Å². The molecule has 6 nitrogen and oxygen atoms in total. The van der Waals surface area contributed by atoms with Crippen LogP contribution in [0.3, 0.4) is 0 Å². The molecule has 2 aliphatic heterocycles. The molecule has 2 aromatic carbocycles. The molecule has 1 saturated heterocycles. The van der Waals surface area contributed by atoms with Crippen LogP contribution in [0.25, 0.3) is 16.9 Å². The van der Waals surface area contributed by atoms with E-state index >= 15 is 0 Å². The Hall–Kier alpha value is -2.61. The number of nitrogens with zero attached hydrogens (tertiary/aromatic N) is 4. The Kier molecular flexibility index (Phi) is 6.27. The first-order chi connectivity index (χ1) is 16.3. The van der Waals surface area contributed by atoms with Crippen LogP contribution in [0.1, 0.15) is 35.5 Å². The first-order valence-corrected chi connectivity index (χ1v) is 12.8. The molecule has 34 heavy (non-hydrogen) atoms. The van der Waals surface area contributed by atoms with Crippen molar-refractivity contribution in [2.75, 3.05) is 46.9 Å². The van der Waals surface area contributed by atoms with Gasteiger partial charge in [0.15, 0.2) is 5.69 Å². The number of ether oxygens (including phenoxy) is 1. The molecule has 0 atom stereocenters. The number of carbonyl (C=O) groups is 1. The molecule has 0 spiro atoms. The fourth-order valence-corrected chi connectivity index (χ4v) is 6.08. The van der Waals surface area contributed by atoms with Gasteiger partial charge in [-0.05, 0) is 37.9 Å². The number of morpholine rings is 1. The van der Waals surface area contributed by atoms with Crippen LogP contribution in [-0.2, 0) is 15.9 Å². The number of likely N-dealkylation sites (N-methyl/N-ethyl adjacent to an activating group) is 1. The summed E-state index contributed by atoms with van der Waals surface area (Å²) in [5, 5.41) is 4.94. The smallest absolute Gasteiger partial charge is 0.274 e. The first kappa shape index (κ1) is 23.1. The summed E-state index contributed by atoms with van der Waals surface area (Å²) in [5.74, 6) is 0.744. The number of amides is 1. The molecule has 0 saturated carbocycles. The van der Waals surface area contributed by atoms with Crippen molar-refractivity contribution in [2.45, 2.75) is 29.9 Å². The Labute approximate surface area is 205 Å². The van der Waals surface area contributed by atoms with E-state index in [0.717, 1.165) is 34.8 Å². The van der Waals surface area contributed by atoms with Crippen LogP contribution in [0.4, 0.5) is 0 Å². The van der Waals surface area contributed by atoms with Crippen LogP contribution in [0.15, 0.2) is 53.4 Å². The van der Waals surface area contributed by atoms with Gasteiger partial charge in [-0.2, -0.15) is 5.10 Å². The standard InChI is InChI=1S/C27H32N4O2S/c1-27(2,18-29(3)4)19-9-11-20(12-10-19)31-25-21-7-5-6-8-23(21)34-17-22(25)24(28-31)26(32)30-13-15-33-16-14-30/h5-12H,13-18H2,1-4H3. The van der Waals surface area contributed by atoms with E-state index in [4.69, 9.17) is 9.84 Å². The molecule has 0 aliphatic carbocycles. The van der Waals surface area contributed by atoms with Gasteiger partial charge in [0.2, 0.25) is 0 Å². The molecular weight excluding hydrogens is 444 g/mol. The van der Waals surface area contributed by atoms with Crippen molar-refractivity contribution in [3.05, 3.63) is 65.4 Å². The number of hydrogen-bond donors (Lipinski definition) is 0. The fraction of sp³-hybridized carbons (Fsp3) is 0.407. The molecule has 2 aliphatic rings. The molecule has 7 heteroatoms. The minimum Gasteiger partial charge on any atom is -0.378 e. The number of benzene rings is 2. The molecule has 1 amide bonds. The lowest BCUT2D eigenvalue weighted by molar-refractivity contribution is 0.0298. The minimum absolute atomic E-state index is 0.00187. The quantitative estimate of drug-likeness (QED) is 0.544. The topological polar surface area (TPSA) is 50.6 Å². The molecule has 0 radical (unpaired) electrons. The normalized spacial score (nSPS) is 15.9. The van der Waals surface area contributed by atoms with Crippen molar-refractivity contribution in [1.82, 2.24) is 19.6 Å². The van der Waals surface area contributed by atoms with Gasteiger partial charge < -0.3 is 14.5 Å². The number of carbonyl (C=O) groups excluding carboxylic acids is 1. The van der Waals surface area contributed by atoms with Crippen molar-refractivity contribution in [3.8, 4) is 16.9 Å². The monoisotopic (exact) mass is 476 g/mol. The average Bonchev–Trinajstić information content (AvgIpc) is 3.24. The molecule has 0 bridgehead atoms. The maximum atomic E-state index is 13.5. The Bertz CT molecular complexity index is 1190. The maximum Gasteiger partial charge on any atom is 0.274 e. The van der Waals surface area contributed by atoms with E-state index in [1.807, 2.05) is 9.58 Å². The molecule has 178 valence electrons. The highest BCUT2D eigenvalue weighted by atomic mass is 32.2. The van der Waals surface area contributed by atoms with E-state index in [2.05, 4.69) is 81.4 Å². The summed E-state index contributed by atoms with van der Waals surface area (Å²) in [6.07, 6.45) is 0. The van der Waals surface area contributed by atoms with E-state index in [-0.39, 0.29) is 11.3 Å². The zero-order valence-corrected chi connectivity index (χ0v) is 21.2. The van der Waals surface area contributed by atoms with E-state index in [9.17, 15) is 4.79 Å². The van der Waals surface area contributed by atoms with E-state index in [1.165, 1.54) is 10.5 Å². The molecule has 3 heterocycles. The van der Waals surface area contributed by atoms with Gasteiger partial charge in [0, 0.05) is 46.8 Å². The Morgan fingerprint density at radius 2 is 1.79 bits per heavy atom. The third-order valence-electron chi connectivity index (χ3n) is 6.60. The van der Waals surface area contributed by atoms with Crippen molar-refractivity contribution < 1.29 is 9.53 Å². The van der Waals surface area contributed by atoms with Crippen LogP contribution in [-0.4, -0.2) is 72.4 Å². The lowest BCUT2D eigenvalue weighted by Crippen LogP contribution is -2.41. The van der Waals surface area contributed by atoms with Crippen LogP contribution in [0.5, 0.6) is 0 Å². The predicted octanol–water partition coefficient (Wildman–Crippen LogP) is 4.46. The van der Waals surface area contributed by atoms with Crippen LogP contribution < -0.4 is 0 Å². The third-order valence-corrected chi connectivity index (χ3v) is 7.70. The summed E-state index contributed by atoms with van der Waals surface area (Å²) < 4.78 is 7.43. The number of aromatic nitrogens is 2.